The van der Waals surface area contributed by atoms with Crippen molar-refractivity contribution in [1.82, 2.24) is 0 Å². The second kappa shape index (κ2) is 14.2. The zero-order valence-electron chi connectivity index (χ0n) is 19.5. The highest BCUT2D eigenvalue weighted by atomic mass is 35.5. The average Bonchev–Trinajstić information content (AvgIpc) is 2.90. The van der Waals surface area contributed by atoms with Crippen LogP contribution in [-0.2, 0) is 0 Å². The number of aromatic hydroxyl groups is 1. The number of halogens is 1. The maximum absolute atomic E-state index is 10.4. The number of rotatable bonds is 6. The molecule has 0 radical (unpaired) electrons. The standard InChI is InChI=1S/C12H10O.C6H3ClN2O5.C6H4N2O4/c1-3-7-11(8-4-1)13-12-9-5-2-6-10-12;7-5-3(8(11)12)1-2-4(10)6(5)9(13)14;9-7(10)5-2-1-3-6(4-5)8(11)12/h1-10H;1-2,10H;1-4H. The van der Waals surface area contributed by atoms with Crippen LogP contribution < -0.4 is 4.74 Å². The van der Waals surface area contributed by atoms with Crippen LogP contribution in [-0.4, -0.2) is 24.8 Å². The molecule has 0 fully saturated rings. The molecule has 0 saturated carbocycles. The molecule has 4 rings (SSSR count). The summed E-state index contributed by atoms with van der Waals surface area (Å²) in [7, 11) is 0. The zero-order valence-corrected chi connectivity index (χ0v) is 20.3. The van der Waals surface area contributed by atoms with Gasteiger partial charge in [0.2, 0.25) is 0 Å². The van der Waals surface area contributed by atoms with E-state index in [1.54, 1.807) is 0 Å². The van der Waals surface area contributed by atoms with E-state index in [1.807, 2.05) is 60.7 Å². The van der Waals surface area contributed by atoms with E-state index in [0.29, 0.717) is 0 Å². The lowest BCUT2D eigenvalue weighted by molar-refractivity contribution is -0.394. The van der Waals surface area contributed by atoms with E-state index in [2.05, 4.69) is 0 Å². The van der Waals surface area contributed by atoms with Crippen LogP contribution in [0.3, 0.4) is 0 Å². The number of hydrogen-bond acceptors (Lipinski definition) is 10. The summed E-state index contributed by atoms with van der Waals surface area (Å²) in [6.45, 7) is 0. The molecule has 0 heterocycles. The van der Waals surface area contributed by atoms with Gasteiger partial charge in [-0.1, -0.05) is 48.0 Å². The Hall–Kier alpha value is -5.63. The Kier molecular flexibility index (Phi) is 10.8. The Morgan fingerprint density at radius 3 is 1.44 bits per heavy atom. The van der Waals surface area contributed by atoms with E-state index in [4.69, 9.17) is 21.4 Å². The molecule has 39 heavy (non-hydrogen) atoms. The molecule has 0 bridgehead atoms. The molecular weight excluding hydrogens is 540 g/mol. The van der Waals surface area contributed by atoms with Crippen molar-refractivity contribution in [3.63, 3.8) is 0 Å². The summed E-state index contributed by atoms with van der Waals surface area (Å²) >= 11 is 5.36. The van der Waals surface area contributed by atoms with E-state index in [1.165, 1.54) is 18.2 Å². The first-order valence-corrected chi connectivity index (χ1v) is 10.9. The lowest BCUT2D eigenvalue weighted by Gasteiger charge is -2.03. The Labute approximate surface area is 223 Å². The fourth-order valence-corrected chi connectivity index (χ4v) is 2.99. The van der Waals surface area contributed by atoms with E-state index < -0.39 is 41.8 Å². The van der Waals surface area contributed by atoms with Crippen molar-refractivity contribution in [3.05, 3.63) is 143 Å². The fourth-order valence-electron chi connectivity index (χ4n) is 2.69. The molecule has 15 heteroatoms. The van der Waals surface area contributed by atoms with Crippen molar-refractivity contribution in [1.29, 1.82) is 0 Å². The van der Waals surface area contributed by atoms with Crippen molar-refractivity contribution in [2.75, 3.05) is 0 Å². The van der Waals surface area contributed by atoms with Crippen LogP contribution in [0.5, 0.6) is 17.2 Å². The third kappa shape index (κ3) is 9.07. The molecule has 0 aromatic heterocycles. The first-order valence-electron chi connectivity index (χ1n) is 10.5. The topological polar surface area (TPSA) is 202 Å². The maximum atomic E-state index is 10.4. The van der Waals surface area contributed by atoms with Gasteiger partial charge in [0.25, 0.3) is 17.1 Å². The number of benzene rings is 4. The number of non-ortho nitro benzene ring substituents is 2. The van der Waals surface area contributed by atoms with Crippen LogP contribution in [0.4, 0.5) is 22.7 Å². The number of phenolic OH excluding ortho intramolecular Hbond substituents is 1. The normalized spacial score (nSPS) is 9.56. The lowest BCUT2D eigenvalue weighted by Crippen LogP contribution is -1.94. The predicted octanol–water partition coefficient (Wildman–Crippen LogP) is 6.84. The number of nitro groups is 4. The van der Waals surface area contributed by atoms with Gasteiger partial charge >= 0.3 is 5.69 Å². The van der Waals surface area contributed by atoms with Crippen molar-refractivity contribution in [2.24, 2.45) is 0 Å². The minimum Gasteiger partial charge on any atom is -0.502 e. The Morgan fingerprint density at radius 1 is 0.590 bits per heavy atom. The van der Waals surface area contributed by atoms with Crippen LogP contribution in [0.1, 0.15) is 0 Å². The number of ether oxygens (including phenoxy) is 1. The van der Waals surface area contributed by atoms with E-state index in [-0.39, 0.29) is 11.4 Å². The monoisotopic (exact) mass is 556 g/mol. The number of nitrogens with zero attached hydrogens (tertiary/aromatic N) is 4. The van der Waals surface area contributed by atoms with Crippen LogP contribution in [0.15, 0.2) is 97.1 Å². The minimum absolute atomic E-state index is 0.274. The van der Waals surface area contributed by atoms with Crippen LogP contribution in [0.25, 0.3) is 0 Å². The lowest BCUT2D eigenvalue weighted by atomic mass is 10.2. The first-order chi connectivity index (χ1) is 18.5. The van der Waals surface area contributed by atoms with Gasteiger partial charge in [-0.25, -0.2) is 0 Å². The minimum atomic E-state index is -0.981. The molecule has 14 nitrogen and oxygen atoms in total. The summed E-state index contributed by atoms with van der Waals surface area (Å²) < 4.78 is 5.58. The van der Waals surface area contributed by atoms with Crippen LogP contribution >= 0.6 is 11.6 Å². The molecule has 4 aromatic rings. The molecule has 0 atom stereocenters. The first kappa shape index (κ1) is 29.6. The van der Waals surface area contributed by atoms with Gasteiger partial charge in [0.1, 0.15) is 11.5 Å². The van der Waals surface area contributed by atoms with Crippen molar-refractivity contribution < 1.29 is 29.5 Å². The van der Waals surface area contributed by atoms with Gasteiger partial charge in [0.05, 0.1) is 25.8 Å². The molecule has 0 aliphatic heterocycles. The fraction of sp³-hybridized carbons (Fsp3) is 0. The zero-order chi connectivity index (χ0) is 28.9. The van der Waals surface area contributed by atoms with Crippen molar-refractivity contribution in [3.8, 4) is 17.2 Å². The smallest absolute Gasteiger partial charge is 0.336 e. The van der Waals surface area contributed by atoms with Gasteiger partial charge in [-0.15, -0.1) is 0 Å². The quantitative estimate of drug-likeness (QED) is 0.193. The average molecular weight is 557 g/mol. The third-order valence-corrected chi connectivity index (χ3v) is 4.80. The van der Waals surface area contributed by atoms with Gasteiger partial charge in [-0.3, -0.25) is 40.5 Å². The molecule has 0 unspecified atom stereocenters. The highest BCUT2D eigenvalue weighted by Gasteiger charge is 2.27. The predicted molar refractivity (Wildman–Crippen MR) is 139 cm³/mol. The second-order valence-corrected chi connectivity index (χ2v) is 7.42. The summed E-state index contributed by atoms with van der Waals surface area (Å²) in [5.74, 6) is 1.04. The van der Waals surface area contributed by atoms with E-state index in [0.717, 1.165) is 29.7 Å². The second-order valence-electron chi connectivity index (χ2n) is 7.04. The van der Waals surface area contributed by atoms with Gasteiger partial charge in [0, 0.05) is 18.2 Å². The number of phenols is 1. The van der Waals surface area contributed by atoms with E-state index >= 15 is 0 Å². The van der Waals surface area contributed by atoms with Crippen LogP contribution in [0, 0.1) is 40.5 Å². The summed E-state index contributed by atoms with van der Waals surface area (Å²) in [6, 6.07) is 25.9. The Balaban J connectivity index is 0.000000206. The van der Waals surface area contributed by atoms with Crippen molar-refractivity contribution in [2.45, 2.75) is 0 Å². The highest BCUT2D eigenvalue weighted by Crippen LogP contribution is 2.39. The number of para-hydroxylation sites is 2. The molecule has 0 aliphatic carbocycles. The Morgan fingerprint density at radius 2 is 1.05 bits per heavy atom. The van der Waals surface area contributed by atoms with Gasteiger partial charge < -0.3 is 9.84 Å². The summed E-state index contributed by atoms with van der Waals surface area (Å²) in [5.41, 5.74) is -2.02. The number of nitro benzene ring substituents is 4. The van der Waals surface area contributed by atoms with Gasteiger partial charge in [-0.05, 0) is 36.4 Å². The molecular formula is C24H17ClN4O10. The number of hydrogen-bond donors (Lipinski definition) is 1. The van der Waals surface area contributed by atoms with Gasteiger partial charge in [0.15, 0.2) is 10.8 Å². The molecule has 0 aliphatic rings. The van der Waals surface area contributed by atoms with E-state index in [9.17, 15) is 40.5 Å². The highest BCUT2D eigenvalue weighted by molar-refractivity contribution is 6.35. The summed E-state index contributed by atoms with van der Waals surface area (Å²) in [5, 5.41) is 49.3. The summed E-state index contributed by atoms with van der Waals surface area (Å²) in [4.78, 5) is 37.8. The largest absolute Gasteiger partial charge is 0.502 e. The SMILES string of the molecule is O=[N+]([O-])c1ccc(O)c([N+](=O)[O-])c1Cl.O=[N+]([O-])c1cccc([N+](=O)[O-])c1.c1ccc(Oc2ccccc2)cc1. The molecule has 1 N–H and O–H groups in total. The Bertz CT molecular complexity index is 1400. The molecule has 0 saturated heterocycles. The molecule has 0 spiro atoms. The van der Waals surface area contributed by atoms with Gasteiger partial charge in [-0.2, -0.15) is 0 Å². The summed E-state index contributed by atoms with van der Waals surface area (Å²) in [6.07, 6.45) is 0. The third-order valence-electron chi connectivity index (χ3n) is 4.43. The molecule has 4 aromatic carbocycles. The molecule has 0 amide bonds. The van der Waals surface area contributed by atoms with Crippen LogP contribution in [0.2, 0.25) is 5.02 Å². The molecule has 200 valence electrons. The van der Waals surface area contributed by atoms with Crippen molar-refractivity contribution >= 4 is 34.4 Å². The maximum Gasteiger partial charge on any atom is 0.336 e.